The molecule has 0 spiro atoms. The van der Waals surface area contributed by atoms with Crippen molar-refractivity contribution in [2.24, 2.45) is 5.92 Å². The molecule has 6 nitrogen and oxygen atoms in total. The topological polar surface area (TPSA) is 86.7 Å². The number of hydrogen-bond acceptors (Lipinski definition) is 3. The van der Waals surface area contributed by atoms with Crippen LogP contribution in [-0.4, -0.2) is 40.9 Å². The van der Waals surface area contributed by atoms with Crippen molar-refractivity contribution in [3.63, 3.8) is 0 Å². The molecule has 0 heterocycles. The Morgan fingerprint density at radius 3 is 2.45 bits per heavy atom. The predicted molar refractivity (Wildman–Crippen MR) is 84.1 cm³/mol. The van der Waals surface area contributed by atoms with Crippen LogP contribution >= 0.6 is 11.6 Å². The maximum Gasteiger partial charge on any atom is 0.323 e. The van der Waals surface area contributed by atoms with Crippen molar-refractivity contribution in [1.82, 2.24) is 4.90 Å². The molecule has 1 aromatic rings. The number of carbonyl (C=O) groups excluding carboxylic acids is 2. The third-order valence-electron chi connectivity index (χ3n) is 2.72. The van der Waals surface area contributed by atoms with Crippen LogP contribution in [0.2, 0.25) is 5.02 Å². The lowest BCUT2D eigenvalue weighted by Crippen LogP contribution is -2.38. The SMILES string of the molecule is CC(=O)Nc1ccc(Cl)c(C(=O)N(CC(=O)O)CC(C)C)c1. The van der Waals surface area contributed by atoms with E-state index in [9.17, 15) is 14.4 Å². The first-order valence-corrected chi connectivity index (χ1v) is 7.16. The lowest BCUT2D eigenvalue weighted by atomic mass is 10.1. The van der Waals surface area contributed by atoms with Crippen molar-refractivity contribution < 1.29 is 19.5 Å². The summed E-state index contributed by atoms with van der Waals surface area (Å²) in [4.78, 5) is 35.8. The molecular formula is C15H19ClN2O4. The normalized spacial score (nSPS) is 10.4. The van der Waals surface area contributed by atoms with Crippen molar-refractivity contribution in [2.45, 2.75) is 20.8 Å². The molecule has 0 saturated carbocycles. The van der Waals surface area contributed by atoms with Gasteiger partial charge in [-0.25, -0.2) is 0 Å². The molecule has 0 radical (unpaired) electrons. The van der Waals surface area contributed by atoms with Crippen LogP contribution in [0.15, 0.2) is 18.2 Å². The average molecular weight is 327 g/mol. The number of halogens is 1. The molecule has 0 aliphatic rings. The Balaban J connectivity index is 3.10. The van der Waals surface area contributed by atoms with Crippen molar-refractivity contribution in [3.05, 3.63) is 28.8 Å². The monoisotopic (exact) mass is 326 g/mol. The summed E-state index contributed by atoms with van der Waals surface area (Å²) in [6, 6.07) is 4.51. The fourth-order valence-electron chi connectivity index (χ4n) is 1.96. The zero-order chi connectivity index (χ0) is 16.9. The van der Waals surface area contributed by atoms with Crippen molar-refractivity contribution >= 4 is 35.1 Å². The number of nitrogens with one attached hydrogen (secondary N) is 1. The zero-order valence-corrected chi connectivity index (χ0v) is 13.5. The molecule has 7 heteroatoms. The Kier molecular flexibility index (Phi) is 6.37. The molecule has 22 heavy (non-hydrogen) atoms. The third-order valence-corrected chi connectivity index (χ3v) is 3.05. The lowest BCUT2D eigenvalue weighted by Gasteiger charge is -2.23. The van der Waals surface area contributed by atoms with Gasteiger partial charge in [-0.15, -0.1) is 0 Å². The first kappa shape index (κ1) is 18.0. The van der Waals surface area contributed by atoms with Crippen LogP contribution in [0.4, 0.5) is 5.69 Å². The van der Waals surface area contributed by atoms with E-state index in [-0.39, 0.29) is 22.4 Å². The standard InChI is InChI=1S/C15H19ClN2O4/c1-9(2)7-18(8-14(20)21)15(22)12-6-11(17-10(3)19)4-5-13(12)16/h4-6,9H,7-8H2,1-3H3,(H,17,19)(H,20,21). The Morgan fingerprint density at radius 1 is 1.32 bits per heavy atom. The highest BCUT2D eigenvalue weighted by atomic mass is 35.5. The highest BCUT2D eigenvalue weighted by molar-refractivity contribution is 6.34. The average Bonchev–Trinajstić information content (AvgIpc) is 2.37. The molecule has 0 aliphatic carbocycles. The summed E-state index contributed by atoms with van der Waals surface area (Å²) in [7, 11) is 0. The van der Waals surface area contributed by atoms with Gasteiger partial charge in [0.15, 0.2) is 0 Å². The Bertz CT molecular complexity index is 587. The van der Waals surface area contributed by atoms with Crippen molar-refractivity contribution in [1.29, 1.82) is 0 Å². The van der Waals surface area contributed by atoms with Gasteiger partial charge >= 0.3 is 5.97 Å². The van der Waals surface area contributed by atoms with Gasteiger partial charge in [0, 0.05) is 19.2 Å². The molecule has 0 bridgehead atoms. The van der Waals surface area contributed by atoms with Crippen LogP contribution in [0.25, 0.3) is 0 Å². The Morgan fingerprint density at radius 2 is 1.95 bits per heavy atom. The molecule has 0 saturated heterocycles. The Hall–Kier alpha value is -2.08. The number of hydrogen-bond donors (Lipinski definition) is 2. The van der Waals surface area contributed by atoms with Crippen LogP contribution in [0.3, 0.4) is 0 Å². The van der Waals surface area contributed by atoms with Gasteiger partial charge in [-0.3, -0.25) is 14.4 Å². The third kappa shape index (κ3) is 5.37. The van der Waals surface area contributed by atoms with E-state index in [1.807, 2.05) is 13.8 Å². The van der Waals surface area contributed by atoms with E-state index in [4.69, 9.17) is 16.7 Å². The second-order valence-corrected chi connectivity index (χ2v) is 5.76. The minimum atomic E-state index is -1.09. The highest BCUT2D eigenvalue weighted by Crippen LogP contribution is 2.22. The van der Waals surface area contributed by atoms with E-state index < -0.39 is 18.4 Å². The smallest absolute Gasteiger partial charge is 0.323 e. The van der Waals surface area contributed by atoms with Crippen LogP contribution < -0.4 is 5.32 Å². The second kappa shape index (κ2) is 7.79. The second-order valence-electron chi connectivity index (χ2n) is 5.35. The predicted octanol–water partition coefficient (Wildman–Crippen LogP) is 2.48. The Labute approximate surface area is 134 Å². The van der Waals surface area contributed by atoms with Crippen LogP contribution in [0.5, 0.6) is 0 Å². The van der Waals surface area contributed by atoms with Gasteiger partial charge in [0.1, 0.15) is 6.54 Å². The van der Waals surface area contributed by atoms with E-state index in [0.29, 0.717) is 12.2 Å². The highest BCUT2D eigenvalue weighted by Gasteiger charge is 2.22. The molecular weight excluding hydrogens is 308 g/mol. The molecule has 0 atom stereocenters. The van der Waals surface area contributed by atoms with E-state index in [1.165, 1.54) is 24.0 Å². The molecule has 0 aliphatic heterocycles. The molecule has 2 N–H and O–H groups in total. The minimum Gasteiger partial charge on any atom is -0.480 e. The fraction of sp³-hybridized carbons (Fsp3) is 0.400. The van der Waals surface area contributed by atoms with Gasteiger partial charge in [0.25, 0.3) is 5.91 Å². The number of carboxylic acids is 1. The van der Waals surface area contributed by atoms with E-state index in [1.54, 1.807) is 6.07 Å². The number of carboxylic acid groups (broad SMARTS) is 1. The molecule has 0 unspecified atom stereocenters. The van der Waals surface area contributed by atoms with Gasteiger partial charge in [-0.1, -0.05) is 25.4 Å². The fourth-order valence-corrected chi connectivity index (χ4v) is 2.16. The molecule has 1 rings (SSSR count). The number of amides is 2. The molecule has 1 aromatic carbocycles. The number of nitrogens with zero attached hydrogens (tertiary/aromatic N) is 1. The summed E-state index contributed by atoms with van der Waals surface area (Å²) in [5.74, 6) is -1.73. The largest absolute Gasteiger partial charge is 0.480 e. The lowest BCUT2D eigenvalue weighted by molar-refractivity contribution is -0.137. The quantitative estimate of drug-likeness (QED) is 0.840. The molecule has 0 fully saturated rings. The zero-order valence-electron chi connectivity index (χ0n) is 12.7. The molecule has 120 valence electrons. The minimum absolute atomic E-state index is 0.112. The van der Waals surface area contributed by atoms with E-state index in [2.05, 4.69) is 5.32 Å². The molecule has 2 amide bonds. The summed E-state index contributed by atoms with van der Waals surface area (Å²) in [6.07, 6.45) is 0. The molecule has 0 aromatic heterocycles. The number of carbonyl (C=O) groups is 3. The maximum atomic E-state index is 12.5. The summed E-state index contributed by atoms with van der Waals surface area (Å²) < 4.78 is 0. The van der Waals surface area contributed by atoms with Gasteiger partial charge in [-0.05, 0) is 24.1 Å². The van der Waals surface area contributed by atoms with Crippen molar-refractivity contribution in [3.8, 4) is 0 Å². The van der Waals surface area contributed by atoms with Crippen LogP contribution in [-0.2, 0) is 9.59 Å². The number of aliphatic carboxylic acids is 1. The van der Waals surface area contributed by atoms with E-state index in [0.717, 1.165) is 0 Å². The summed E-state index contributed by atoms with van der Waals surface area (Å²) in [5, 5.41) is 11.7. The van der Waals surface area contributed by atoms with Gasteiger partial charge in [0.05, 0.1) is 10.6 Å². The van der Waals surface area contributed by atoms with Gasteiger partial charge in [0.2, 0.25) is 5.91 Å². The maximum absolute atomic E-state index is 12.5. The van der Waals surface area contributed by atoms with Crippen LogP contribution in [0, 0.1) is 5.92 Å². The van der Waals surface area contributed by atoms with Gasteiger partial charge in [-0.2, -0.15) is 0 Å². The summed E-state index contributed by atoms with van der Waals surface area (Å²) in [5.41, 5.74) is 0.592. The summed E-state index contributed by atoms with van der Waals surface area (Å²) in [6.45, 7) is 5.02. The number of benzene rings is 1. The first-order valence-electron chi connectivity index (χ1n) is 6.79. The van der Waals surface area contributed by atoms with E-state index >= 15 is 0 Å². The number of rotatable bonds is 6. The number of anilines is 1. The summed E-state index contributed by atoms with van der Waals surface area (Å²) >= 11 is 6.04. The first-order chi connectivity index (χ1) is 10.2. The van der Waals surface area contributed by atoms with Gasteiger partial charge < -0.3 is 15.3 Å². The van der Waals surface area contributed by atoms with Crippen LogP contribution in [0.1, 0.15) is 31.1 Å². The van der Waals surface area contributed by atoms with Crippen molar-refractivity contribution in [2.75, 3.05) is 18.4 Å².